The van der Waals surface area contributed by atoms with Crippen molar-refractivity contribution in [3.05, 3.63) is 39.3 Å². The van der Waals surface area contributed by atoms with Crippen molar-refractivity contribution in [2.45, 2.75) is 182 Å². The van der Waals surface area contributed by atoms with Crippen molar-refractivity contribution in [1.29, 1.82) is 0 Å². The molecule has 5 N–H and O–H groups in total. The number of primary amides is 1. The topological polar surface area (TPSA) is 216 Å². The molecule has 64 heavy (non-hydrogen) atoms. The number of sulfonamides is 1. The summed E-state index contributed by atoms with van der Waals surface area (Å²) in [6.45, 7) is 22.4. The van der Waals surface area contributed by atoms with E-state index < -0.39 is 38.4 Å². The van der Waals surface area contributed by atoms with Crippen molar-refractivity contribution in [2.75, 3.05) is 13.1 Å². The smallest absolute Gasteiger partial charge is 0.408 e. The van der Waals surface area contributed by atoms with E-state index in [2.05, 4.69) is 49.6 Å². The van der Waals surface area contributed by atoms with Crippen LogP contribution >= 0.6 is 11.3 Å². The summed E-state index contributed by atoms with van der Waals surface area (Å²) < 4.78 is 34.4. The number of para-hydroxylation sites is 1. The first kappa shape index (κ1) is 52.4. The maximum Gasteiger partial charge on any atom is 0.408 e. The number of benzene rings is 1. The molecule has 358 valence electrons. The Balaban J connectivity index is 0.000000325. The predicted octanol–water partition coefficient (Wildman–Crippen LogP) is 8.32. The molecule has 2 aliphatic carbocycles. The zero-order valence-corrected chi connectivity index (χ0v) is 41.7. The normalized spacial score (nSPS) is 18.9. The number of ether oxygens (including phenoxy) is 1. The largest absolute Gasteiger partial charge is 0.444 e. The van der Waals surface area contributed by atoms with Crippen LogP contribution in [0.4, 0.5) is 4.79 Å². The molecule has 2 aromatic heterocycles. The molecule has 3 aromatic rings. The molecule has 17 heteroatoms. The van der Waals surface area contributed by atoms with Crippen LogP contribution < -0.4 is 21.5 Å². The fourth-order valence-electron chi connectivity index (χ4n) is 8.09. The number of hydrogen-bond donors (Lipinski definition) is 4. The van der Waals surface area contributed by atoms with Gasteiger partial charge in [-0.15, -0.1) is 11.3 Å². The Bertz CT molecular complexity index is 2250. The van der Waals surface area contributed by atoms with Crippen molar-refractivity contribution in [3.63, 3.8) is 0 Å². The maximum absolute atomic E-state index is 13.0. The highest BCUT2D eigenvalue weighted by Gasteiger charge is 2.55. The summed E-state index contributed by atoms with van der Waals surface area (Å²) in [6, 6.07) is 5.51. The van der Waals surface area contributed by atoms with Gasteiger partial charge in [0, 0.05) is 28.9 Å². The average molecular weight is 930 g/mol. The second kappa shape index (κ2) is 22.3. The van der Waals surface area contributed by atoms with Gasteiger partial charge >= 0.3 is 11.8 Å². The molecular weight excluding hydrogens is 855 g/mol. The Morgan fingerprint density at radius 1 is 1.03 bits per heavy atom. The number of carbonyl (C=O) groups excluding carboxylic acids is 4. The fraction of sp³-hybridized carbons (Fsp3) is 0.702. The number of carbonyl (C=O) groups is 4. The molecule has 1 saturated heterocycles. The van der Waals surface area contributed by atoms with Crippen molar-refractivity contribution in [3.8, 4) is 10.6 Å². The van der Waals surface area contributed by atoms with Crippen LogP contribution in [0.25, 0.3) is 21.6 Å². The lowest BCUT2D eigenvalue weighted by molar-refractivity contribution is -0.136. The Labute approximate surface area is 384 Å². The third kappa shape index (κ3) is 14.1. The van der Waals surface area contributed by atoms with E-state index in [1.165, 1.54) is 9.78 Å². The highest BCUT2D eigenvalue weighted by molar-refractivity contribution is 7.91. The van der Waals surface area contributed by atoms with Gasteiger partial charge in [0.25, 0.3) is 0 Å². The number of amides is 4. The number of aromatic nitrogens is 3. The molecule has 3 atom stereocenters. The summed E-state index contributed by atoms with van der Waals surface area (Å²) in [5.41, 5.74) is 8.33. The number of fused-ring (bicyclic) bond motifs is 1. The molecule has 4 amide bonds. The first-order valence-electron chi connectivity index (χ1n) is 23.3. The molecule has 15 nitrogen and oxygen atoms in total. The molecule has 1 aromatic carbocycles. The van der Waals surface area contributed by atoms with Gasteiger partial charge in [-0.3, -0.25) is 23.7 Å². The third-order valence-electron chi connectivity index (χ3n) is 11.6. The average Bonchev–Trinajstić information content (AvgIpc) is 4.01. The monoisotopic (exact) mass is 930 g/mol. The van der Waals surface area contributed by atoms with E-state index in [-0.39, 0.29) is 36.0 Å². The van der Waals surface area contributed by atoms with E-state index >= 15 is 0 Å². The molecule has 0 radical (unpaired) electrons. The van der Waals surface area contributed by atoms with E-state index in [0.29, 0.717) is 44.1 Å². The number of likely N-dealkylation sites (tertiary alicyclic amines) is 1. The number of nitrogens with two attached hydrogens (primary N) is 1. The summed E-state index contributed by atoms with van der Waals surface area (Å²) in [4.78, 5) is 70.2. The van der Waals surface area contributed by atoms with Crippen molar-refractivity contribution in [1.82, 2.24) is 29.5 Å². The SMILES string of the molecule is CC(C)(C)OC(=O)NCC(=O)N1CCC[C@H]1C(N)=O.CC(C)C.CC[C@@H]1C[C@@H]1C(=O)NS(=O)(=O)C1(CCCCCCc2sc(-c3cccc4c3[nH]c(=O)n4C(C)C)nc2C(C)C)CC1. The van der Waals surface area contributed by atoms with E-state index in [1.54, 1.807) is 36.7 Å². The minimum atomic E-state index is -3.61. The van der Waals surface area contributed by atoms with Crippen LogP contribution in [0, 0.1) is 17.8 Å². The molecule has 0 unspecified atom stereocenters. The number of rotatable bonds is 17. The van der Waals surface area contributed by atoms with Gasteiger partial charge in [0.1, 0.15) is 23.2 Å². The number of hydrogen-bond acceptors (Lipinski definition) is 10. The number of imidazole rings is 1. The highest BCUT2D eigenvalue weighted by atomic mass is 32.2. The zero-order valence-electron chi connectivity index (χ0n) is 40.1. The summed E-state index contributed by atoms with van der Waals surface area (Å²) >= 11 is 1.71. The number of H-pyrrole nitrogens is 1. The van der Waals surface area contributed by atoms with E-state index in [9.17, 15) is 32.4 Å². The molecule has 3 aliphatic rings. The van der Waals surface area contributed by atoms with Gasteiger partial charge in [0.2, 0.25) is 27.7 Å². The molecule has 2 saturated carbocycles. The van der Waals surface area contributed by atoms with Crippen molar-refractivity contribution < 1.29 is 32.3 Å². The minimum Gasteiger partial charge on any atom is -0.444 e. The molecule has 6 rings (SSSR count). The summed E-state index contributed by atoms with van der Waals surface area (Å²) in [5.74, 6) is 0.218. The second-order valence-corrected chi connectivity index (χ2v) is 23.0. The molecule has 0 bridgehead atoms. The van der Waals surface area contributed by atoms with Crippen molar-refractivity contribution >= 4 is 56.2 Å². The lowest BCUT2D eigenvalue weighted by atomic mass is 10.0. The van der Waals surface area contributed by atoms with Crippen LogP contribution in [0.5, 0.6) is 0 Å². The van der Waals surface area contributed by atoms with Gasteiger partial charge in [-0.1, -0.05) is 73.3 Å². The standard InChI is InChI=1S/C31H44N4O4S2.C12H21N3O4.C4H10/c1-6-21-18-23(21)28(36)34-41(38,39)31(16-17-31)15-10-8-7-9-14-25-26(19(2)3)32-29(40-25)22-12-11-13-24-27(22)33-30(37)35(24)20(4)5;1-12(2,3)19-11(18)14-7-9(16)15-6-4-5-8(15)10(13)17;1-4(2)3/h11-13,19-21,23H,6-10,14-18H2,1-5H3,(H,33,37)(H,34,36);8H,4-7H2,1-3H3,(H2,13,17)(H,14,18);4H,1-3H3/t21-,23+;8-;/m10./s1. The lowest BCUT2D eigenvalue weighted by Gasteiger charge is -2.23. The minimum absolute atomic E-state index is 0.0644. The second-order valence-electron chi connectivity index (χ2n) is 19.9. The number of unbranched alkanes of at least 4 members (excludes halogenated alkanes) is 3. The van der Waals surface area contributed by atoms with Crippen LogP contribution in [-0.2, 0) is 35.6 Å². The number of aryl methyl sites for hydroxylation is 1. The van der Waals surface area contributed by atoms with Gasteiger partial charge in [-0.25, -0.2) is 23.0 Å². The molecular formula is C47H75N7O8S2. The molecule has 3 heterocycles. The van der Waals surface area contributed by atoms with Gasteiger partial charge in [0.05, 0.1) is 21.5 Å². The van der Waals surface area contributed by atoms with Crippen LogP contribution in [0.15, 0.2) is 23.0 Å². The Morgan fingerprint density at radius 2 is 1.69 bits per heavy atom. The predicted molar refractivity (Wildman–Crippen MR) is 255 cm³/mol. The Morgan fingerprint density at radius 3 is 2.25 bits per heavy atom. The Hall–Kier alpha value is -4.25. The van der Waals surface area contributed by atoms with E-state index in [4.69, 9.17) is 15.5 Å². The first-order chi connectivity index (χ1) is 29.9. The maximum atomic E-state index is 13.0. The van der Waals surface area contributed by atoms with E-state index in [0.717, 1.165) is 84.6 Å². The van der Waals surface area contributed by atoms with Crippen LogP contribution in [0.2, 0.25) is 0 Å². The summed E-state index contributed by atoms with van der Waals surface area (Å²) in [6.07, 6.45) is 9.11. The summed E-state index contributed by atoms with van der Waals surface area (Å²) in [5, 5.41) is 3.31. The molecule has 0 spiro atoms. The number of alkyl carbamates (subject to hydrolysis) is 1. The van der Waals surface area contributed by atoms with Crippen LogP contribution in [0.3, 0.4) is 0 Å². The van der Waals surface area contributed by atoms with Crippen LogP contribution in [0.1, 0.15) is 169 Å². The van der Waals surface area contributed by atoms with Gasteiger partial charge in [-0.2, -0.15) is 0 Å². The zero-order chi connectivity index (χ0) is 47.7. The fourth-order valence-corrected chi connectivity index (χ4v) is 11.1. The quantitative estimate of drug-likeness (QED) is 0.0956. The third-order valence-corrected chi connectivity index (χ3v) is 15.0. The lowest BCUT2D eigenvalue weighted by Crippen LogP contribution is -2.48. The Kier molecular flexibility index (Phi) is 18.2. The van der Waals surface area contributed by atoms with Gasteiger partial charge in [0.15, 0.2) is 0 Å². The highest BCUT2D eigenvalue weighted by Crippen LogP contribution is 2.48. The van der Waals surface area contributed by atoms with Gasteiger partial charge < -0.3 is 25.7 Å². The van der Waals surface area contributed by atoms with Gasteiger partial charge in [-0.05, 0) is 116 Å². The molecule has 1 aliphatic heterocycles. The number of aromatic amines is 1. The first-order valence-corrected chi connectivity index (χ1v) is 25.6. The number of thiazole rings is 1. The number of nitrogens with one attached hydrogen (secondary N) is 3. The molecule has 3 fully saturated rings. The summed E-state index contributed by atoms with van der Waals surface area (Å²) in [7, 11) is -3.61. The number of nitrogens with zero attached hydrogens (tertiary/aromatic N) is 3. The van der Waals surface area contributed by atoms with Crippen LogP contribution in [-0.4, -0.2) is 81.1 Å². The van der Waals surface area contributed by atoms with E-state index in [1.807, 2.05) is 39.0 Å². The van der Waals surface area contributed by atoms with Crippen molar-refractivity contribution in [2.24, 2.45) is 23.5 Å².